The quantitative estimate of drug-likeness (QED) is 0.716. The second-order valence-corrected chi connectivity index (χ2v) is 7.14. The molecular weight excluding hydrogens is 362 g/mol. The SMILES string of the molecule is CN1CCN(c2ccc(-c3nc4cc(Cl)c(Cl)cc4[nH]3)cc2F)CC1. The fourth-order valence-corrected chi connectivity index (χ4v) is 3.42. The summed E-state index contributed by atoms with van der Waals surface area (Å²) in [7, 11) is 2.08. The molecule has 1 N–H and O–H groups in total. The van der Waals surface area contributed by atoms with Crippen LogP contribution in [-0.2, 0) is 0 Å². The Morgan fingerprint density at radius 2 is 1.76 bits per heavy atom. The number of likely N-dealkylation sites (N-methyl/N-ethyl adjacent to an activating group) is 1. The molecule has 7 heteroatoms. The van der Waals surface area contributed by atoms with Crippen LogP contribution in [-0.4, -0.2) is 48.1 Å². The smallest absolute Gasteiger partial charge is 0.147 e. The Hall–Kier alpha value is -1.82. The first-order valence-corrected chi connectivity index (χ1v) is 8.85. The molecule has 3 aromatic rings. The van der Waals surface area contributed by atoms with Gasteiger partial charge in [-0.15, -0.1) is 0 Å². The maximum Gasteiger partial charge on any atom is 0.147 e. The number of piperazine rings is 1. The van der Waals surface area contributed by atoms with Gasteiger partial charge < -0.3 is 14.8 Å². The van der Waals surface area contributed by atoms with Crippen LogP contribution in [0.25, 0.3) is 22.4 Å². The molecule has 2 heterocycles. The minimum absolute atomic E-state index is 0.237. The first-order chi connectivity index (χ1) is 12.0. The maximum absolute atomic E-state index is 14.7. The number of H-pyrrole nitrogens is 1. The van der Waals surface area contributed by atoms with Gasteiger partial charge in [-0.25, -0.2) is 9.37 Å². The van der Waals surface area contributed by atoms with E-state index in [1.54, 1.807) is 12.1 Å². The van der Waals surface area contributed by atoms with Gasteiger partial charge in [-0.3, -0.25) is 0 Å². The fraction of sp³-hybridized carbons (Fsp3) is 0.278. The van der Waals surface area contributed by atoms with E-state index in [1.165, 1.54) is 6.07 Å². The summed E-state index contributed by atoms with van der Waals surface area (Å²) < 4.78 is 14.7. The van der Waals surface area contributed by atoms with Gasteiger partial charge in [0.15, 0.2) is 0 Å². The zero-order valence-electron chi connectivity index (χ0n) is 13.7. The Labute approximate surface area is 155 Å². The van der Waals surface area contributed by atoms with E-state index in [2.05, 4.69) is 26.8 Å². The number of halogens is 3. The molecule has 1 aliphatic heterocycles. The summed E-state index contributed by atoms with van der Waals surface area (Å²) >= 11 is 12.1. The summed E-state index contributed by atoms with van der Waals surface area (Å²) in [5.41, 5.74) is 2.80. The predicted octanol–water partition coefficient (Wildman–Crippen LogP) is 4.43. The highest BCUT2D eigenvalue weighted by molar-refractivity contribution is 6.42. The average molecular weight is 379 g/mol. The Kier molecular flexibility index (Phi) is 4.31. The van der Waals surface area contributed by atoms with Gasteiger partial charge in [-0.1, -0.05) is 23.2 Å². The first kappa shape index (κ1) is 16.6. The van der Waals surface area contributed by atoms with Crippen molar-refractivity contribution in [2.24, 2.45) is 0 Å². The fourth-order valence-electron chi connectivity index (χ4n) is 3.10. The number of imidazole rings is 1. The summed E-state index contributed by atoms with van der Waals surface area (Å²) in [6.45, 7) is 3.53. The molecule has 130 valence electrons. The van der Waals surface area contributed by atoms with Crippen LogP contribution < -0.4 is 4.90 Å². The topological polar surface area (TPSA) is 35.2 Å². The first-order valence-electron chi connectivity index (χ1n) is 8.09. The minimum atomic E-state index is -0.237. The van der Waals surface area contributed by atoms with E-state index in [-0.39, 0.29) is 5.82 Å². The summed E-state index contributed by atoms with van der Waals surface area (Å²) in [5, 5.41) is 0.907. The predicted molar refractivity (Wildman–Crippen MR) is 101 cm³/mol. The lowest BCUT2D eigenvalue weighted by atomic mass is 10.1. The lowest BCUT2D eigenvalue weighted by molar-refractivity contribution is 0.311. The lowest BCUT2D eigenvalue weighted by Crippen LogP contribution is -2.44. The summed E-state index contributed by atoms with van der Waals surface area (Å²) in [4.78, 5) is 12.0. The number of aromatic amines is 1. The molecule has 1 aliphatic rings. The van der Waals surface area contributed by atoms with Crippen molar-refractivity contribution in [3.63, 3.8) is 0 Å². The molecule has 2 aromatic carbocycles. The largest absolute Gasteiger partial charge is 0.367 e. The van der Waals surface area contributed by atoms with E-state index in [1.807, 2.05) is 12.1 Å². The van der Waals surface area contributed by atoms with Gasteiger partial charge in [0.05, 0.1) is 26.8 Å². The van der Waals surface area contributed by atoms with Crippen LogP contribution in [0.5, 0.6) is 0 Å². The number of aromatic nitrogens is 2. The average Bonchev–Trinajstić information content (AvgIpc) is 2.99. The monoisotopic (exact) mass is 378 g/mol. The summed E-state index contributed by atoms with van der Waals surface area (Å²) in [5.74, 6) is 0.357. The molecule has 4 rings (SSSR count). The van der Waals surface area contributed by atoms with Crippen molar-refractivity contribution >= 4 is 39.9 Å². The van der Waals surface area contributed by atoms with E-state index in [9.17, 15) is 4.39 Å². The maximum atomic E-state index is 14.7. The lowest BCUT2D eigenvalue weighted by Gasteiger charge is -2.34. The summed E-state index contributed by atoms with van der Waals surface area (Å²) in [6, 6.07) is 8.66. The van der Waals surface area contributed by atoms with Crippen molar-refractivity contribution in [1.29, 1.82) is 0 Å². The zero-order valence-corrected chi connectivity index (χ0v) is 15.2. The van der Waals surface area contributed by atoms with Crippen LogP contribution in [0, 0.1) is 5.82 Å². The molecule has 1 fully saturated rings. The molecule has 0 spiro atoms. The number of anilines is 1. The number of hydrogen-bond donors (Lipinski definition) is 1. The second-order valence-electron chi connectivity index (χ2n) is 6.33. The van der Waals surface area contributed by atoms with Gasteiger partial charge in [0.2, 0.25) is 0 Å². The Morgan fingerprint density at radius 3 is 2.48 bits per heavy atom. The highest BCUT2D eigenvalue weighted by atomic mass is 35.5. The Balaban J connectivity index is 1.66. The number of rotatable bonds is 2. The van der Waals surface area contributed by atoms with Crippen LogP contribution in [0.1, 0.15) is 0 Å². The van der Waals surface area contributed by atoms with Crippen LogP contribution >= 0.6 is 23.2 Å². The molecule has 0 bridgehead atoms. The molecule has 4 nitrogen and oxygen atoms in total. The Morgan fingerprint density at radius 1 is 1.04 bits per heavy atom. The zero-order chi connectivity index (χ0) is 17.6. The third-order valence-electron chi connectivity index (χ3n) is 4.59. The van der Waals surface area contributed by atoms with Gasteiger partial charge in [0.1, 0.15) is 11.6 Å². The van der Waals surface area contributed by atoms with Crippen LogP contribution in [0.15, 0.2) is 30.3 Å². The van der Waals surface area contributed by atoms with Gasteiger partial charge in [0.25, 0.3) is 0 Å². The van der Waals surface area contributed by atoms with Gasteiger partial charge in [-0.2, -0.15) is 0 Å². The normalized spacial score (nSPS) is 15.9. The van der Waals surface area contributed by atoms with Crippen LogP contribution in [0.4, 0.5) is 10.1 Å². The third-order valence-corrected chi connectivity index (χ3v) is 5.31. The number of hydrogen-bond acceptors (Lipinski definition) is 3. The molecule has 1 aromatic heterocycles. The Bertz CT molecular complexity index is 893. The van der Waals surface area contributed by atoms with Crippen molar-refractivity contribution in [1.82, 2.24) is 14.9 Å². The highest BCUT2D eigenvalue weighted by Gasteiger charge is 2.18. The molecular formula is C18H17Cl2FN4. The number of nitrogens with zero attached hydrogens (tertiary/aromatic N) is 3. The molecule has 0 unspecified atom stereocenters. The molecule has 0 aliphatic carbocycles. The van der Waals surface area contributed by atoms with E-state index in [0.717, 1.165) is 31.7 Å². The van der Waals surface area contributed by atoms with Crippen molar-refractivity contribution in [2.45, 2.75) is 0 Å². The highest BCUT2D eigenvalue weighted by Crippen LogP contribution is 2.30. The minimum Gasteiger partial charge on any atom is -0.367 e. The van der Waals surface area contributed by atoms with Crippen LogP contribution in [0.3, 0.4) is 0 Å². The van der Waals surface area contributed by atoms with Crippen molar-refractivity contribution in [3.8, 4) is 11.4 Å². The standard InChI is InChI=1S/C18H17Cl2FN4/c1-24-4-6-25(7-5-24)17-3-2-11(8-14(17)21)18-22-15-9-12(19)13(20)10-16(15)23-18/h2-3,8-10H,4-7H2,1H3,(H,22,23). The van der Waals surface area contributed by atoms with Gasteiger partial charge in [-0.05, 0) is 37.4 Å². The second kappa shape index (κ2) is 6.48. The van der Waals surface area contributed by atoms with Crippen molar-refractivity contribution in [3.05, 3.63) is 46.2 Å². The van der Waals surface area contributed by atoms with Gasteiger partial charge >= 0.3 is 0 Å². The molecule has 0 amide bonds. The molecule has 1 saturated heterocycles. The van der Waals surface area contributed by atoms with E-state index in [4.69, 9.17) is 23.2 Å². The molecule has 0 atom stereocenters. The number of nitrogens with one attached hydrogen (secondary N) is 1. The summed E-state index contributed by atoms with van der Waals surface area (Å²) in [6.07, 6.45) is 0. The van der Waals surface area contributed by atoms with Gasteiger partial charge in [0, 0.05) is 31.7 Å². The van der Waals surface area contributed by atoms with E-state index >= 15 is 0 Å². The molecule has 25 heavy (non-hydrogen) atoms. The van der Waals surface area contributed by atoms with E-state index in [0.29, 0.717) is 32.6 Å². The third kappa shape index (κ3) is 3.19. The number of benzene rings is 2. The van der Waals surface area contributed by atoms with Crippen molar-refractivity contribution in [2.75, 3.05) is 38.1 Å². The number of fused-ring (bicyclic) bond motifs is 1. The molecule has 0 radical (unpaired) electrons. The molecule has 0 saturated carbocycles. The van der Waals surface area contributed by atoms with E-state index < -0.39 is 0 Å². The van der Waals surface area contributed by atoms with Crippen molar-refractivity contribution < 1.29 is 4.39 Å². The van der Waals surface area contributed by atoms with Crippen LogP contribution in [0.2, 0.25) is 10.0 Å².